The summed E-state index contributed by atoms with van der Waals surface area (Å²) >= 11 is 3.52. The Hall–Kier alpha value is -3.12. The van der Waals surface area contributed by atoms with E-state index in [2.05, 4.69) is 42.0 Å². The molecule has 0 fully saturated rings. The SMILES string of the molecule is CC(C)NC(=O)C(Cc1ccccc1)N(Cc1cccc(Br)c1)C(=O)COc1ccccc1C(C)(C)C. The fourth-order valence-corrected chi connectivity index (χ4v) is 4.65. The molecule has 1 unspecified atom stereocenters. The van der Waals surface area contributed by atoms with Crippen molar-refractivity contribution < 1.29 is 14.3 Å². The van der Waals surface area contributed by atoms with Gasteiger partial charge in [-0.3, -0.25) is 9.59 Å². The first-order valence-electron chi connectivity index (χ1n) is 12.6. The highest BCUT2D eigenvalue weighted by molar-refractivity contribution is 9.10. The van der Waals surface area contributed by atoms with Crippen LogP contribution in [0, 0.1) is 0 Å². The maximum atomic E-state index is 13.8. The largest absolute Gasteiger partial charge is 0.483 e. The van der Waals surface area contributed by atoms with Gasteiger partial charge in [0.1, 0.15) is 11.8 Å². The maximum Gasteiger partial charge on any atom is 0.261 e. The third-order valence-corrected chi connectivity index (χ3v) is 6.48. The van der Waals surface area contributed by atoms with E-state index in [4.69, 9.17) is 4.74 Å². The standard InChI is InChI=1S/C31H37BrN2O3/c1-22(2)33-30(36)27(19-23-12-7-6-8-13-23)34(20-24-14-11-15-25(32)18-24)29(35)21-37-28-17-10-9-16-26(28)31(3,4)5/h6-18,22,27H,19-21H2,1-5H3,(H,33,36). The highest BCUT2D eigenvalue weighted by atomic mass is 79.9. The van der Waals surface area contributed by atoms with Crippen molar-refractivity contribution in [3.05, 3.63) is 100 Å². The van der Waals surface area contributed by atoms with Crippen molar-refractivity contribution in [2.45, 2.75) is 65.1 Å². The number of hydrogen-bond acceptors (Lipinski definition) is 3. The molecule has 0 saturated carbocycles. The van der Waals surface area contributed by atoms with Crippen LogP contribution in [0.2, 0.25) is 0 Å². The summed E-state index contributed by atoms with van der Waals surface area (Å²) in [6.45, 7) is 10.3. The van der Waals surface area contributed by atoms with E-state index < -0.39 is 6.04 Å². The lowest BCUT2D eigenvalue weighted by molar-refractivity contribution is -0.143. The fourth-order valence-electron chi connectivity index (χ4n) is 4.20. The van der Waals surface area contributed by atoms with Gasteiger partial charge in [0.15, 0.2) is 6.61 Å². The predicted octanol–water partition coefficient (Wildman–Crippen LogP) is 6.29. The lowest BCUT2D eigenvalue weighted by Gasteiger charge is -2.32. The highest BCUT2D eigenvalue weighted by Crippen LogP contribution is 2.31. The molecule has 0 aliphatic rings. The quantitative estimate of drug-likeness (QED) is 0.315. The molecule has 6 heteroatoms. The van der Waals surface area contributed by atoms with E-state index in [1.54, 1.807) is 4.90 Å². The van der Waals surface area contributed by atoms with E-state index in [1.165, 1.54) is 0 Å². The van der Waals surface area contributed by atoms with Crippen LogP contribution in [0.25, 0.3) is 0 Å². The Balaban J connectivity index is 1.94. The summed E-state index contributed by atoms with van der Waals surface area (Å²) < 4.78 is 7.01. The second kappa shape index (κ2) is 12.9. The molecule has 0 saturated heterocycles. The van der Waals surface area contributed by atoms with E-state index in [0.717, 1.165) is 21.2 Å². The second-order valence-electron chi connectivity index (χ2n) is 10.6. The van der Waals surface area contributed by atoms with Crippen molar-refractivity contribution >= 4 is 27.7 Å². The second-order valence-corrected chi connectivity index (χ2v) is 11.5. The minimum absolute atomic E-state index is 0.0523. The van der Waals surface area contributed by atoms with Gasteiger partial charge in [0.25, 0.3) is 5.91 Å². The Kier molecular flexibility index (Phi) is 9.93. The van der Waals surface area contributed by atoms with Crippen LogP contribution in [0.3, 0.4) is 0 Å². The molecule has 0 heterocycles. The number of nitrogens with zero attached hydrogens (tertiary/aromatic N) is 1. The van der Waals surface area contributed by atoms with Crippen LogP contribution in [-0.4, -0.2) is 35.4 Å². The zero-order valence-electron chi connectivity index (χ0n) is 22.3. The van der Waals surface area contributed by atoms with Gasteiger partial charge in [-0.15, -0.1) is 0 Å². The summed E-state index contributed by atoms with van der Waals surface area (Å²) in [7, 11) is 0. The van der Waals surface area contributed by atoms with Gasteiger partial charge in [0, 0.05) is 23.5 Å². The molecule has 1 N–H and O–H groups in total. The first-order valence-corrected chi connectivity index (χ1v) is 13.4. The van der Waals surface area contributed by atoms with Gasteiger partial charge in [-0.05, 0) is 54.2 Å². The third kappa shape index (κ3) is 8.46. The predicted molar refractivity (Wildman–Crippen MR) is 153 cm³/mol. The zero-order chi connectivity index (χ0) is 27.0. The van der Waals surface area contributed by atoms with Gasteiger partial charge < -0.3 is 15.0 Å². The molecule has 0 aliphatic heterocycles. The van der Waals surface area contributed by atoms with Gasteiger partial charge >= 0.3 is 0 Å². The van der Waals surface area contributed by atoms with E-state index in [-0.39, 0.29) is 36.4 Å². The van der Waals surface area contributed by atoms with E-state index in [1.807, 2.05) is 92.7 Å². The Bertz CT molecular complexity index is 1190. The van der Waals surface area contributed by atoms with Crippen LogP contribution in [0.4, 0.5) is 0 Å². The molecular formula is C31H37BrN2O3. The number of nitrogens with one attached hydrogen (secondary N) is 1. The summed E-state index contributed by atoms with van der Waals surface area (Å²) in [6, 6.07) is 24.6. The van der Waals surface area contributed by atoms with Crippen molar-refractivity contribution in [3.8, 4) is 5.75 Å². The fraction of sp³-hybridized carbons (Fsp3) is 0.355. The molecule has 2 amide bonds. The number of halogens is 1. The number of rotatable bonds is 10. The monoisotopic (exact) mass is 564 g/mol. The molecular weight excluding hydrogens is 528 g/mol. The number of carbonyl (C=O) groups excluding carboxylic acids is 2. The van der Waals surface area contributed by atoms with Crippen LogP contribution in [0.15, 0.2) is 83.3 Å². The Morgan fingerprint density at radius 2 is 1.57 bits per heavy atom. The van der Waals surface area contributed by atoms with Crippen molar-refractivity contribution in [3.63, 3.8) is 0 Å². The first kappa shape index (κ1) is 28.5. The van der Waals surface area contributed by atoms with E-state index in [0.29, 0.717) is 12.2 Å². The van der Waals surface area contributed by atoms with Crippen molar-refractivity contribution in [2.24, 2.45) is 0 Å². The summed E-state index contributed by atoms with van der Waals surface area (Å²) in [6.07, 6.45) is 0.401. The van der Waals surface area contributed by atoms with Gasteiger partial charge in [-0.2, -0.15) is 0 Å². The average molecular weight is 566 g/mol. The normalized spacial score (nSPS) is 12.2. The number of amides is 2. The Morgan fingerprint density at radius 1 is 0.919 bits per heavy atom. The molecule has 196 valence electrons. The molecule has 0 spiro atoms. The van der Waals surface area contributed by atoms with Crippen LogP contribution in [0.5, 0.6) is 5.75 Å². The summed E-state index contributed by atoms with van der Waals surface area (Å²) in [5.74, 6) is 0.248. The molecule has 0 bridgehead atoms. The Morgan fingerprint density at radius 3 is 2.22 bits per heavy atom. The number of carbonyl (C=O) groups is 2. The van der Waals surface area contributed by atoms with E-state index in [9.17, 15) is 9.59 Å². The first-order chi connectivity index (χ1) is 17.5. The molecule has 3 aromatic rings. The van der Waals surface area contributed by atoms with Gasteiger partial charge in [0.05, 0.1) is 0 Å². The molecule has 3 rings (SSSR count). The van der Waals surface area contributed by atoms with E-state index >= 15 is 0 Å². The van der Waals surface area contributed by atoms with Gasteiger partial charge in [-0.25, -0.2) is 0 Å². The lowest BCUT2D eigenvalue weighted by atomic mass is 9.86. The molecule has 0 aromatic heterocycles. The maximum absolute atomic E-state index is 13.8. The topological polar surface area (TPSA) is 58.6 Å². The van der Waals surface area contributed by atoms with Crippen LogP contribution >= 0.6 is 15.9 Å². The molecule has 0 radical (unpaired) electrons. The number of benzene rings is 3. The summed E-state index contributed by atoms with van der Waals surface area (Å²) in [5, 5.41) is 3.02. The summed E-state index contributed by atoms with van der Waals surface area (Å²) in [5.41, 5.74) is 2.80. The highest BCUT2D eigenvalue weighted by Gasteiger charge is 2.31. The summed E-state index contributed by atoms with van der Waals surface area (Å²) in [4.78, 5) is 28.9. The number of para-hydroxylation sites is 1. The van der Waals surface area contributed by atoms with Crippen LogP contribution < -0.4 is 10.1 Å². The smallest absolute Gasteiger partial charge is 0.261 e. The van der Waals surface area contributed by atoms with Gasteiger partial charge in [-0.1, -0.05) is 97.4 Å². The van der Waals surface area contributed by atoms with Crippen molar-refractivity contribution in [1.82, 2.24) is 10.2 Å². The van der Waals surface area contributed by atoms with Crippen molar-refractivity contribution in [2.75, 3.05) is 6.61 Å². The lowest BCUT2D eigenvalue weighted by Crippen LogP contribution is -2.52. The average Bonchev–Trinajstić information content (AvgIpc) is 2.84. The van der Waals surface area contributed by atoms with Crippen LogP contribution in [-0.2, 0) is 28.0 Å². The number of ether oxygens (including phenoxy) is 1. The third-order valence-electron chi connectivity index (χ3n) is 5.99. The van der Waals surface area contributed by atoms with Crippen molar-refractivity contribution in [1.29, 1.82) is 0 Å². The molecule has 0 aliphatic carbocycles. The zero-order valence-corrected chi connectivity index (χ0v) is 23.9. The molecule has 3 aromatic carbocycles. The minimum Gasteiger partial charge on any atom is -0.483 e. The Labute approximate surface area is 229 Å². The minimum atomic E-state index is -0.697. The molecule has 1 atom stereocenters. The molecule has 5 nitrogen and oxygen atoms in total. The molecule has 37 heavy (non-hydrogen) atoms. The number of hydrogen-bond donors (Lipinski definition) is 1. The van der Waals surface area contributed by atoms with Gasteiger partial charge in [0.2, 0.25) is 5.91 Å². The van der Waals surface area contributed by atoms with Crippen LogP contribution in [0.1, 0.15) is 51.3 Å².